The van der Waals surface area contributed by atoms with E-state index in [1.165, 1.54) is 22.6 Å². The van der Waals surface area contributed by atoms with Crippen molar-refractivity contribution in [1.29, 1.82) is 0 Å². The van der Waals surface area contributed by atoms with Crippen molar-refractivity contribution in [3.8, 4) is 5.69 Å². The first-order valence-corrected chi connectivity index (χ1v) is 8.32. The van der Waals surface area contributed by atoms with E-state index in [-0.39, 0.29) is 0 Å². The van der Waals surface area contributed by atoms with Gasteiger partial charge in [0.05, 0.1) is 11.9 Å². The summed E-state index contributed by atoms with van der Waals surface area (Å²) in [6.45, 7) is 6.48. The minimum Gasteiger partial charge on any atom is -0.318 e. The molecule has 3 heteroatoms. The van der Waals surface area contributed by atoms with Crippen LogP contribution in [0.25, 0.3) is 5.69 Å². The Balaban J connectivity index is 1.89. The lowest BCUT2D eigenvalue weighted by atomic mass is 10.1. The Bertz CT molecular complexity index is 845. The van der Waals surface area contributed by atoms with Crippen molar-refractivity contribution in [3.63, 3.8) is 0 Å². The lowest BCUT2D eigenvalue weighted by molar-refractivity contribution is 0.937. The van der Waals surface area contributed by atoms with Crippen LogP contribution in [-0.4, -0.2) is 10.8 Å². The molecule has 122 valence electrons. The number of anilines is 1. The normalized spacial score (nSPS) is 11.1. The van der Waals surface area contributed by atoms with Crippen molar-refractivity contribution >= 4 is 11.9 Å². The summed E-state index contributed by atoms with van der Waals surface area (Å²) in [5, 5.41) is 4.38. The van der Waals surface area contributed by atoms with Crippen LogP contribution in [-0.2, 0) is 6.42 Å². The monoisotopic (exact) mass is 317 g/mol. The number of hydrogen-bond acceptors (Lipinski definition) is 2. The molecule has 1 heterocycles. The standard InChI is InChI=1S/C21H23N3/c1-4-18-10-8-9-13-21(18)24-16(2)14-19(17(24)3)15-22-23-20-11-6-5-7-12-20/h5-15,23H,4H2,1-3H3/b22-15-. The summed E-state index contributed by atoms with van der Waals surface area (Å²) in [7, 11) is 0. The molecule has 0 saturated carbocycles. The molecule has 0 radical (unpaired) electrons. The minimum atomic E-state index is 0.985. The average Bonchev–Trinajstić information content (AvgIpc) is 2.89. The first-order chi connectivity index (χ1) is 11.7. The van der Waals surface area contributed by atoms with Crippen molar-refractivity contribution in [2.24, 2.45) is 5.10 Å². The van der Waals surface area contributed by atoms with Crippen LogP contribution in [0.5, 0.6) is 0 Å². The summed E-state index contributed by atoms with van der Waals surface area (Å²) in [5.74, 6) is 0. The number of nitrogens with one attached hydrogen (secondary N) is 1. The average molecular weight is 317 g/mol. The molecule has 1 N–H and O–H groups in total. The van der Waals surface area contributed by atoms with E-state index in [9.17, 15) is 0 Å². The maximum absolute atomic E-state index is 4.38. The number of hydrazone groups is 1. The third-order valence-corrected chi connectivity index (χ3v) is 4.25. The molecule has 0 bridgehead atoms. The second-order valence-corrected chi connectivity index (χ2v) is 5.88. The molecule has 3 aromatic rings. The fourth-order valence-electron chi connectivity index (χ4n) is 3.01. The Morgan fingerprint density at radius 3 is 2.46 bits per heavy atom. The number of aromatic nitrogens is 1. The van der Waals surface area contributed by atoms with Gasteiger partial charge in [0.2, 0.25) is 0 Å². The van der Waals surface area contributed by atoms with Crippen LogP contribution in [0, 0.1) is 13.8 Å². The predicted octanol–water partition coefficient (Wildman–Crippen LogP) is 5.10. The topological polar surface area (TPSA) is 29.3 Å². The maximum atomic E-state index is 4.38. The van der Waals surface area contributed by atoms with Gasteiger partial charge in [0.25, 0.3) is 0 Å². The molecule has 0 fully saturated rings. The summed E-state index contributed by atoms with van der Waals surface area (Å²) in [6, 6.07) is 20.7. The number of benzene rings is 2. The van der Waals surface area contributed by atoms with Crippen molar-refractivity contribution in [1.82, 2.24) is 4.57 Å². The fraction of sp³-hybridized carbons (Fsp3) is 0.190. The Hall–Kier alpha value is -2.81. The summed E-state index contributed by atoms with van der Waals surface area (Å²) in [5.41, 5.74) is 10.2. The van der Waals surface area contributed by atoms with Gasteiger partial charge in [0.15, 0.2) is 0 Å². The summed E-state index contributed by atoms with van der Waals surface area (Å²) in [6.07, 6.45) is 2.91. The van der Waals surface area contributed by atoms with Gasteiger partial charge in [-0.25, -0.2) is 0 Å². The second-order valence-electron chi connectivity index (χ2n) is 5.88. The molecule has 0 atom stereocenters. The largest absolute Gasteiger partial charge is 0.318 e. The highest BCUT2D eigenvalue weighted by atomic mass is 15.3. The second kappa shape index (κ2) is 7.18. The molecule has 0 saturated heterocycles. The predicted molar refractivity (Wildman–Crippen MR) is 102 cm³/mol. The molecule has 0 aliphatic heterocycles. The van der Waals surface area contributed by atoms with Crippen molar-refractivity contribution < 1.29 is 0 Å². The third-order valence-electron chi connectivity index (χ3n) is 4.25. The fourth-order valence-corrected chi connectivity index (χ4v) is 3.01. The Morgan fingerprint density at radius 1 is 1.00 bits per heavy atom. The maximum Gasteiger partial charge on any atom is 0.0562 e. The zero-order valence-corrected chi connectivity index (χ0v) is 14.5. The molecule has 1 aromatic heterocycles. The van der Waals surface area contributed by atoms with Gasteiger partial charge in [-0.1, -0.05) is 43.3 Å². The lowest BCUT2D eigenvalue weighted by Crippen LogP contribution is -2.03. The Morgan fingerprint density at radius 2 is 1.71 bits per heavy atom. The van der Waals surface area contributed by atoms with Crippen molar-refractivity contribution in [2.75, 3.05) is 5.43 Å². The zero-order valence-electron chi connectivity index (χ0n) is 14.5. The molecule has 0 amide bonds. The number of hydrogen-bond donors (Lipinski definition) is 1. The lowest BCUT2D eigenvalue weighted by Gasteiger charge is -2.13. The van der Waals surface area contributed by atoms with Crippen LogP contribution in [0.4, 0.5) is 5.69 Å². The van der Waals surface area contributed by atoms with E-state index in [4.69, 9.17) is 0 Å². The molecule has 2 aromatic carbocycles. The Kier molecular flexibility index (Phi) is 4.80. The molecule has 24 heavy (non-hydrogen) atoms. The first kappa shape index (κ1) is 16.1. The molecule has 0 spiro atoms. The van der Waals surface area contributed by atoms with Crippen LogP contribution in [0.15, 0.2) is 65.8 Å². The minimum absolute atomic E-state index is 0.985. The molecule has 0 unspecified atom stereocenters. The molecule has 0 aliphatic carbocycles. The van der Waals surface area contributed by atoms with E-state index in [2.05, 4.69) is 66.2 Å². The molecular weight excluding hydrogens is 294 g/mol. The highest BCUT2D eigenvalue weighted by molar-refractivity contribution is 5.82. The highest BCUT2D eigenvalue weighted by Crippen LogP contribution is 2.23. The van der Waals surface area contributed by atoms with Gasteiger partial charge in [0, 0.05) is 22.6 Å². The van der Waals surface area contributed by atoms with E-state index >= 15 is 0 Å². The van der Waals surface area contributed by atoms with Crippen LogP contribution >= 0.6 is 0 Å². The summed E-state index contributed by atoms with van der Waals surface area (Å²) < 4.78 is 2.31. The van der Waals surface area contributed by atoms with Gasteiger partial charge in [-0.15, -0.1) is 0 Å². The van der Waals surface area contributed by atoms with E-state index in [0.29, 0.717) is 0 Å². The quantitative estimate of drug-likeness (QED) is 0.514. The van der Waals surface area contributed by atoms with Gasteiger partial charge >= 0.3 is 0 Å². The number of aryl methyl sites for hydroxylation is 2. The van der Waals surface area contributed by atoms with Gasteiger partial charge in [-0.3, -0.25) is 5.43 Å². The molecule has 3 nitrogen and oxygen atoms in total. The number of rotatable bonds is 5. The van der Waals surface area contributed by atoms with Crippen LogP contribution in [0.1, 0.15) is 29.4 Å². The van der Waals surface area contributed by atoms with Crippen LogP contribution in [0.3, 0.4) is 0 Å². The van der Waals surface area contributed by atoms with Gasteiger partial charge in [0.1, 0.15) is 0 Å². The Labute approximate surface area is 143 Å². The van der Waals surface area contributed by atoms with E-state index < -0.39 is 0 Å². The SMILES string of the molecule is CCc1ccccc1-n1c(C)cc(/C=N\Nc2ccccc2)c1C. The van der Waals surface area contributed by atoms with E-state index in [1.807, 2.05) is 36.5 Å². The van der Waals surface area contributed by atoms with Gasteiger partial charge in [-0.05, 0) is 50.1 Å². The van der Waals surface area contributed by atoms with Crippen LogP contribution in [0.2, 0.25) is 0 Å². The first-order valence-electron chi connectivity index (χ1n) is 8.32. The molecular formula is C21H23N3. The highest BCUT2D eigenvalue weighted by Gasteiger charge is 2.11. The van der Waals surface area contributed by atoms with Gasteiger partial charge in [-0.2, -0.15) is 5.10 Å². The van der Waals surface area contributed by atoms with E-state index in [1.54, 1.807) is 0 Å². The van der Waals surface area contributed by atoms with E-state index in [0.717, 1.165) is 17.7 Å². The van der Waals surface area contributed by atoms with Crippen molar-refractivity contribution in [2.45, 2.75) is 27.2 Å². The zero-order chi connectivity index (χ0) is 16.9. The summed E-state index contributed by atoms with van der Waals surface area (Å²) >= 11 is 0. The smallest absolute Gasteiger partial charge is 0.0562 e. The number of nitrogens with zero attached hydrogens (tertiary/aromatic N) is 2. The molecule has 0 aliphatic rings. The molecule has 3 rings (SSSR count). The van der Waals surface area contributed by atoms with Gasteiger partial charge < -0.3 is 4.57 Å². The third kappa shape index (κ3) is 3.25. The van der Waals surface area contributed by atoms with Crippen molar-refractivity contribution in [3.05, 3.63) is 83.2 Å². The van der Waals surface area contributed by atoms with Crippen LogP contribution < -0.4 is 5.43 Å². The summed E-state index contributed by atoms with van der Waals surface area (Å²) in [4.78, 5) is 0. The number of para-hydroxylation sites is 2.